The number of nitrogens with zero attached hydrogens (tertiary/aromatic N) is 3. The van der Waals surface area contributed by atoms with E-state index in [0.29, 0.717) is 47.9 Å². The van der Waals surface area contributed by atoms with Gasteiger partial charge in [-0.15, -0.1) is 11.3 Å². The number of hydrogen-bond acceptors (Lipinski definition) is 8. The normalized spacial score (nSPS) is 17.4. The van der Waals surface area contributed by atoms with Crippen LogP contribution in [0.2, 0.25) is 0 Å². The minimum Gasteiger partial charge on any atom is -0.386 e. The number of halogens is 1. The van der Waals surface area contributed by atoms with Crippen molar-refractivity contribution in [1.29, 1.82) is 0 Å². The molecule has 0 bridgehead atoms. The lowest BCUT2D eigenvalue weighted by Gasteiger charge is -2.36. The fourth-order valence-corrected chi connectivity index (χ4v) is 6.47. The molecule has 1 saturated heterocycles. The molecule has 4 atom stereocenters. The van der Waals surface area contributed by atoms with E-state index in [4.69, 9.17) is 5.73 Å². The number of nitrogens with two attached hydrogens (primary N) is 1. The molecule has 1 unspecified atom stereocenters. The summed E-state index contributed by atoms with van der Waals surface area (Å²) < 4.78 is 13.3. The highest BCUT2D eigenvalue weighted by Crippen LogP contribution is 2.29. The average Bonchev–Trinajstić information content (AvgIpc) is 3.55. The summed E-state index contributed by atoms with van der Waals surface area (Å²) in [7, 11) is 1.95. The highest BCUT2D eigenvalue weighted by molar-refractivity contribution is 7.09. The molecular weight excluding hydrogens is 619 g/mol. The first-order valence-electron chi connectivity index (χ1n) is 16.5. The lowest BCUT2D eigenvalue weighted by molar-refractivity contribution is -0.138. The van der Waals surface area contributed by atoms with E-state index in [1.165, 1.54) is 12.1 Å². The van der Waals surface area contributed by atoms with Gasteiger partial charge in [-0.3, -0.25) is 19.3 Å². The van der Waals surface area contributed by atoms with Gasteiger partial charge in [0.05, 0.1) is 6.04 Å². The summed E-state index contributed by atoms with van der Waals surface area (Å²) in [6.07, 6.45) is 4.66. The largest absolute Gasteiger partial charge is 0.386 e. The van der Waals surface area contributed by atoms with Gasteiger partial charge in [0, 0.05) is 29.7 Å². The van der Waals surface area contributed by atoms with Crippen LogP contribution < -0.4 is 16.4 Å². The van der Waals surface area contributed by atoms with Crippen LogP contribution in [0.5, 0.6) is 0 Å². The Balaban J connectivity index is 1.75. The molecule has 1 fully saturated rings. The number of allylic oxidation sites excluding steroid dienone is 1. The van der Waals surface area contributed by atoms with Gasteiger partial charge in [-0.25, -0.2) is 9.37 Å². The molecule has 3 amide bonds. The zero-order chi connectivity index (χ0) is 34.7. The van der Waals surface area contributed by atoms with E-state index in [0.717, 1.165) is 42.7 Å². The molecule has 2 aromatic rings. The van der Waals surface area contributed by atoms with Gasteiger partial charge >= 0.3 is 0 Å². The molecule has 12 heteroatoms. The van der Waals surface area contributed by atoms with E-state index in [1.807, 2.05) is 41.7 Å². The summed E-state index contributed by atoms with van der Waals surface area (Å²) in [5, 5.41) is 19.1. The second-order valence-electron chi connectivity index (χ2n) is 12.4. The Kier molecular flexibility index (Phi) is 14.7. The molecule has 0 aliphatic carbocycles. The molecule has 10 nitrogen and oxygen atoms in total. The van der Waals surface area contributed by atoms with Gasteiger partial charge in [-0.05, 0) is 89.9 Å². The first-order chi connectivity index (χ1) is 22.4. The molecule has 1 aromatic heterocycles. The zero-order valence-electron chi connectivity index (χ0n) is 28.5. The van der Waals surface area contributed by atoms with Crippen LogP contribution in [0.1, 0.15) is 100 Å². The van der Waals surface area contributed by atoms with E-state index in [-0.39, 0.29) is 41.7 Å². The molecule has 1 aliphatic rings. The first-order valence-corrected chi connectivity index (χ1v) is 17.4. The topological polar surface area (TPSA) is 141 Å². The summed E-state index contributed by atoms with van der Waals surface area (Å²) in [5.74, 6) is -1.25. The van der Waals surface area contributed by atoms with E-state index in [2.05, 4.69) is 20.5 Å². The number of carbonyl (C=O) groups excluding carboxylic acids is 3. The van der Waals surface area contributed by atoms with Crippen molar-refractivity contribution in [2.75, 3.05) is 26.7 Å². The number of amides is 3. The Morgan fingerprint density at radius 1 is 1.21 bits per heavy atom. The van der Waals surface area contributed by atoms with Crippen LogP contribution in [-0.2, 0) is 9.59 Å². The molecule has 2 heterocycles. The molecule has 0 saturated carbocycles. The SMILES string of the molecule is CC[C@H](C)C(NC(=O)[C@H]1CCCCN1C)C(=O)N(CC)C(C[C@@H](O)c1nc(C(=O)N/C(=C/c2ccc(F)cc2)CCN)cs1)=C(C)C. The number of carbonyl (C=O) groups is 3. The molecule has 5 N–H and O–H groups in total. The third-order valence-electron chi connectivity index (χ3n) is 8.66. The Bertz CT molecular complexity index is 1420. The number of likely N-dealkylation sites (tertiary alicyclic amines) is 1. The fourth-order valence-electron chi connectivity index (χ4n) is 5.68. The smallest absolute Gasteiger partial charge is 0.274 e. The van der Waals surface area contributed by atoms with Crippen molar-refractivity contribution in [3.8, 4) is 0 Å². The van der Waals surface area contributed by atoms with Crippen LogP contribution in [0, 0.1) is 11.7 Å². The van der Waals surface area contributed by atoms with Crippen molar-refractivity contribution in [3.63, 3.8) is 0 Å². The van der Waals surface area contributed by atoms with Crippen LogP contribution in [0.4, 0.5) is 4.39 Å². The van der Waals surface area contributed by atoms with E-state index in [1.54, 1.807) is 28.5 Å². The fraction of sp³-hybridized carbons (Fsp3) is 0.543. The molecule has 1 aliphatic heterocycles. The minimum absolute atomic E-state index is 0.0981. The Morgan fingerprint density at radius 3 is 2.51 bits per heavy atom. The van der Waals surface area contributed by atoms with Gasteiger partial charge in [0.15, 0.2) is 0 Å². The lowest BCUT2D eigenvalue weighted by atomic mass is 9.95. The number of likely N-dealkylation sites (N-methyl/N-ethyl adjacent to an activating group) is 2. The van der Waals surface area contributed by atoms with Crippen LogP contribution in [0.3, 0.4) is 0 Å². The first kappa shape index (κ1) is 38.0. The maximum atomic E-state index is 14.1. The number of nitrogens with one attached hydrogen (secondary N) is 2. The zero-order valence-corrected chi connectivity index (χ0v) is 29.3. The quantitative estimate of drug-likeness (QED) is 0.210. The van der Waals surface area contributed by atoms with Gasteiger partial charge in [0.1, 0.15) is 28.7 Å². The van der Waals surface area contributed by atoms with Gasteiger partial charge in [-0.1, -0.05) is 44.4 Å². The molecule has 47 heavy (non-hydrogen) atoms. The number of piperidine rings is 1. The average molecular weight is 671 g/mol. The predicted octanol–water partition coefficient (Wildman–Crippen LogP) is 4.98. The summed E-state index contributed by atoms with van der Waals surface area (Å²) in [6.45, 7) is 11.1. The molecule has 0 radical (unpaired) electrons. The number of aliphatic hydroxyl groups excluding tert-OH is 1. The molecule has 1 aromatic carbocycles. The Labute approximate surface area is 282 Å². The third kappa shape index (κ3) is 10.5. The Morgan fingerprint density at radius 2 is 1.91 bits per heavy atom. The number of aliphatic hydroxyl groups is 1. The highest BCUT2D eigenvalue weighted by Gasteiger charge is 2.35. The number of thiazole rings is 1. The van der Waals surface area contributed by atoms with Crippen molar-refractivity contribution in [1.82, 2.24) is 25.4 Å². The summed E-state index contributed by atoms with van der Waals surface area (Å²) >= 11 is 1.16. The van der Waals surface area contributed by atoms with Crippen molar-refractivity contribution in [2.45, 2.75) is 91.3 Å². The van der Waals surface area contributed by atoms with Crippen molar-refractivity contribution in [2.24, 2.45) is 11.7 Å². The van der Waals surface area contributed by atoms with Crippen LogP contribution in [0.25, 0.3) is 6.08 Å². The Hall–Kier alpha value is -3.45. The number of aromatic nitrogens is 1. The third-order valence-corrected chi connectivity index (χ3v) is 9.61. The second-order valence-corrected chi connectivity index (χ2v) is 13.3. The van der Waals surface area contributed by atoms with Crippen molar-refractivity contribution < 1.29 is 23.9 Å². The van der Waals surface area contributed by atoms with E-state index < -0.39 is 18.1 Å². The summed E-state index contributed by atoms with van der Waals surface area (Å²) in [6, 6.07) is 4.92. The van der Waals surface area contributed by atoms with Gasteiger partial charge in [-0.2, -0.15) is 0 Å². The lowest BCUT2D eigenvalue weighted by Crippen LogP contribution is -2.56. The van der Waals surface area contributed by atoms with Crippen LogP contribution in [-0.4, -0.2) is 76.4 Å². The monoisotopic (exact) mass is 670 g/mol. The molecular formula is C35H51FN6O4S. The van der Waals surface area contributed by atoms with E-state index in [9.17, 15) is 23.9 Å². The maximum absolute atomic E-state index is 14.1. The van der Waals surface area contributed by atoms with Crippen LogP contribution >= 0.6 is 11.3 Å². The molecule has 258 valence electrons. The molecule has 0 spiro atoms. The van der Waals surface area contributed by atoms with Gasteiger partial charge < -0.3 is 26.4 Å². The summed E-state index contributed by atoms with van der Waals surface area (Å²) in [5.41, 5.74) is 8.66. The predicted molar refractivity (Wildman–Crippen MR) is 185 cm³/mol. The van der Waals surface area contributed by atoms with Gasteiger partial charge in [0.25, 0.3) is 5.91 Å². The number of rotatable bonds is 15. The standard InChI is InChI=1S/C35H51FN6O4S/c1-7-23(5)31(40-33(45)28-11-9-10-18-41(28)6)35(46)42(8-2)29(22(3)4)20-30(43)34-39-27(21-47-34)32(44)38-26(16-17-37)19-24-12-14-25(36)15-13-24/h12-15,19,21,23,28,30-31,43H,7-11,16-18,20,37H2,1-6H3,(H,38,44)(H,40,45)/b26-19+/t23-,28+,30+,31?/m0/s1. The number of benzene rings is 1. The maximum Gasteiger partial charge on any atom is 0.274 e. The minimum atomic E-state index is -1.07. The summed E-state index contributed by atoms with van der Waals surface area (Å²) in [4.78, 5) is 48.7. The second kappa shape index (κ2) is 18.2. The van der Waals surface area contributed by atoms with Crippen molar-refractivity contribution in [3.05, 3.63) is 68.7 Å². The van der Waals surface area contributed by atoms with Gasteiger partial charge in [0.2, 0.25) is 11.8 Å². The molecule has 3 rings (SSSR count). The number of hydrogen-bond donors (Lipinski definition) is 4. The van der Waals surface area contributed by atoms with Crippen LogP contribution in [0.15, 0.2) is 46.6 Å². The van der Waals surface area contributed by atoms with E-state index >= 15 is 0 Å². The highest BCUT2D eigenvalue weighted by atomic mass is 32.1. The van der Waals surface area contributed by atoms with Crippen molar-refractivity contribution >= 4 is 35.1 Å².